The molecule has 13 aromatic rings. The number of hydrogen-bond acceptors (Lipinski definition) is 2. The minimum atomic E-state index is 0.860. The SMILES string of the molecule is c1ccc(-n2c3ccccc3c3cc(-c4cccc5c(-c6ccc(-c7cccc(-c8cnc9c%10ccccc%10c%10ccccc%10c9n8)c7)c7ccccc67)cccc45)ccc32)cc1. The molecule has 11 aromatic carbocycles. The Morgan fingerprint density at radius 2 is 0.778 bits per heavy atom. The van der Waals surface area contributed by atoms with Crippen LogP contribution in [-0.4, -0.2) is 14.5 Å². The summed E-state index contributed by atoms with van der Waals surface area (Å²) < 4.78 is 2.38. The van der Waals surface area contributed by atoms with Crippen LogP contribution in [0.5, 0.6) is 0 Å². The van der Waals surface area contributed by atoms with Crippen LogP contribution in [0.1, 0.15) is 0 Å². The number of benzene rings is 11. The summed E-state index contributed by atoms with van der Waals surface area (Å²) in [5, 5.41) is 12.0. The molecule has 13 rings (SSSR count). The first kappa shape index (κ1) is 35.4. The van der Waals surface area contributed by atoms with Crippen molar-refractivity contribution in [1.82, 2.24) is 14.5 Å². The molecule has 3 nitrogen and oxygen atoms in total. The lowest BCUT2D eigenvalue weighted by Gasteiger charge is -2.16. The molecule has 2 aromatic heterocycles. The second-order valence-electron chi connectivity index (χ2n) is 16.5. The maximum Gasteiger partial charge on any atom is 0.0979 e. The molecule has 0 radical (unpaired) electrons. The van der Waals surface area contributed by atoms with E-state index in [2.05, 4.69) is 223 Å². The van der Waals surface area contributed by atoms with E-state index in [9.17, 15) is 0 Å². The highest BCUT2D eigenvalue weighted by molar-refractivity contribution is 6.23. The molecule has 0 saturated heterocycles. The molecule has 63 heavy (non-hydrogen) atoms. The molecule has 0 N–H and O–H groups in total. The fourth-order valence-electron chi connectivity index (χ4n) is 10.2. The zero-order valence-corrected chi connectivity index (χ0v) is 34.2. The van der Waals surface area contributed by atoms with Crippen molar-refractivity contribution in [2.24, 2.45) is 0 Å². The maximum absolute atomic E-state index is 5.31. The third-order valence-electron chi connectivity index (χ3n) is 13.0. The number of hydrogen-bond donors (Lipinski definition) is 0. The zero-order valence-electron chi connectivity index (χ0n) is 34.2. The summed E-state index contributed by atoms with van der Waals surface area (Å²) in [6.07, 6.45) is 1.93. The Labute approximate surface area is 363 Å². The first-order valence-corrected chi connectivity index (χ1v) is 21.6. The lowest BCUT2D eigenvalue weighted by molar-refractivity contribution is 1.18. The van der Waals surface area contributed by atoms with Gasteiger partial charge in [0.05, 0.1) is 34.0 Å². The summed E-state index contributed by atoms with van der Waals surface area (Å²) in [6, 6.07) is 79.1. The predicted molar refractivity (Wildman–Crippen MR) is 266 cm³/mol. The van der Waals surface area contributed by atoms with Gasteiger partial charge in [-0.2, -0.15) is 0 Å². The predicted octanol–water partition coefficient (Wildman–Crippen LogP) is 16.0. The van der Waals surface area contributed by atoms with Crippen molar-refractivity contribution in [3.05, 3.63) is 225 Å². The number of aromatic nitrogens is 3. The molecule has 0 aliphatic heterocycles. The molecular formula is C60H37N3. The number of para-hydroxylation sites is 2. The highest BCUT2D eigenvalue weighted by atomic mass is 15.0. The Balaban J connectivity index is 0.919. The second kappa shape index (κ2) is 14.1. The fraction of sp³-hybridized carbons (Fsp3) is 0. The van der Waals surface area contributed by atoms with Crippen molar-refractivity contribution in [1.29, 1.82) is 0 Å². The van der Waals surface area contributed by atoms with Crippen molar-refractivity contribution < 1.29 is 0 Å². The molecule has 0 atom stereocenters. The molecule has 0 unspecified atom stereocenters. The van der Waals surface area contributed by atoms with Crippen molar-refractivity contribution in [3.63, 3.8) is 0 Å². The van der Waals surface area contributed by atoms with Crippen LogP contribution >= 0.6 is 0 Å². The monoisotopic (exact) mass is 799 g/mol. The van der Waals surface area contributed by atoms with Gasteiger partial charge in [-0.05, 0) is 102 Å². The van der Waals surface area contributed by atoms with Gasteiger partial charge in [0.1, 0.15) is 0 Å². The number of nitrogens with zero attached hydrogens (tertiary/aromatic N) is 3. The lowest BCUT2D eigenvalue weighted by atomic mass is 9.88. The van der Waals surface area contributed by atoms with Gasteiger partial charge in [0.25, 0.3) is 0 Å². The first-order chi connectivity index (χ1) is 31.3. The molecule has 0 saturated carbocycles. The Hall–Kier alpha value is -8.40. The minimum Gasteiger partial charge on any atom is -0.309 e. The molecule has 3 heteroatoms. The van der Waals surface area contributed by atoms with Gasteiger partial charge in [-0.25, -0.2) is 4.98 Å². The summed E-state index contributed by atoms with van der Waals surface area (Å²) in [6.45, 7) is 0. The standard InChI is InChI=1S/C60H37N3/c1-2-17-41(18-3-1)63-57-30-11-10-23-52(57)55-36-39(31-34-58(55)63)42-26-13-28-47-45(42)27-14-29-48(47)51-33-32-43(44-19-4-5-20-46(44)51)38-15-12-16-40(35-38)56-37-61-59-53-24-8-6-21-49(53)50-22-7-9-25-54(50)60(59)62-56/h1-37H. The molecule has 0 spiro atoms. The van der Waals surface area contributed by atoms with Gasteiger partial charge in [-0.15, -0.1) is 0 Å². The van der Waals surface area contributed by atoms with Crippen LogP contribution < -0.4 is 0 Å². The molecular weight excluding hydrogens is 763 g/mol. The number of fused-ring (bicyclic) bond motifs is 11. The Morgan fingerprint density at radius 1 is 0.286 bits per heavy atom. The Morgan fingerprint density at radius 3 is 1.52 bits per heavy atom. The van der Waals surface area contributed by atoms with Crippen LogP contribution in [0, 0.1) is 0 Å². The third-order valence-corrected chi connectivity index (χ3v) is 13.0. The Bertz CT molecular complexity index is 3940. The van der Waals surface area contributed by atoms with Gasteiger partial charge in [0.15, 0.2) is 0 Å². The smallest absolute Gasteiger partial charge is 0.0979 e. The molecule has 0 aliphatic rings. The van der Waals surface area contributed by atoms with E-state index in [1.807, 2.05) is 6.20 Å². The van der Waals surface area contributed by atoms with Gasteiger partial charge in [-0.3, -0.25) is 4.98 Å². The van der Waals surface area contributed by atoms with E-state index in [0.717, 1.165) is 38.6 Å². The van der Waals surface area contributed by atoms with Gasteiger partial charge in [0.2, 0.25) is 0 Å². The number of rotatable bonds is 5. The largest absolute Gasteiger partial charge is 0.309 e. The molecule has 292 valence electrons. The quantitative estimate of drug-likeness (QED) is 0.162. The average Bonchev–Trinajstić information content (AvgIpc) is 3.69. The van der Waals surface area contributed by atoms with Crippen LogP contribution in [0.4, 0.5) is 0 Å². The molecule has 0 aliphatic carbocycles. The van der Waals surface area contributed by atoms with E-state index in [1.54, 1.807) is 0 Å². The average molecular weight is 800 g/mol. The summed E-state index contributed by atoms with van der Waals surface area (Å²) in [5.41, 5.74) is 14.5. The van der Waals surface area contributed by atoms with Crippen molar-refractivity contribution in [3.8, 4) is 50.3 Å². The highest BCUT2D eigenvalue weighted by Gasteiger charge is 2.18. The van der Waals surface area contributed by atoms with Crippen LogP contribution in [0.3, 0.4) is 0 Å². The molecule has 0 bridgehead atoms. The van der Waals surface area contributed by atoms with Gasteiger partial charge in [0, 0.05) is 32.8 Å². The van der Waals surface area contributed by atoms with E-state index in [0.29, 0.717) is 0 Å². The molecule has 0 amide bonds. The van der Waals surface area contributed by atoms with Gasteiger partial charge < -0.3 is 4.57 Å². The van der Waals surface area contributed by atoms with Crippen LogP contribution in [0.25, 0.3) is 126 Å². The van der Waals surface area contributed by atoms with E-state index < -0.39 is 0 Å². The zero-order chi connectivity index (χ0) is 41.4. The fourth-order valence-corrected chi connectivity index (χ4v) is 10.2. The Kier molecular flexibility index (Phi) is 7.91. The molecule has 0 fully saturated rings. The van der Waals surface area contributed by atoms with Crippen LogP contribution in [-0.2, 0) is 0 Å². The summed E-state index contributed by atoms with van der Waals surface area (Å²) in [5.74, 6) is 0. The summed E-state index contributed by atoms with van der Waals surface area (Å²) >= 11 is 0. The van der Waals surface area contributed by atoms with E-state index in [4.69, 9.17) is 9.97 Å². The van der Waals surface area contributed by atoms with Crippen LogP contribution in [0.2, 0.25) is 0 Å². The van der Waals surface area contributed by atoms with E-state index >= 15 is 0 Å². The van der Waals surface area contributed by atoms with Crippen molar-refractivity contribution in [2.75, 3.05) is 0 Å². The topological polar surface area (TPSA) is 30.7 Å². The van der Waals surface area contributed by atoms with Crippen LogP contribution in [0.15, 0.2) is 225 Å². The lowest BCUT2D eigenvalue weighted by Crippen LogP contribution is -1.93. The highest BCUT2D eigenvalue weighted by Crippen LogP contribution is 2.43. The van der Waals surface area contributed by atoms with Gasteiger partial charge >= 0.3 is 0 Å². The van der Waals surface area contributed by atoms with Gasteiger partial charge in [-0.1, -0.05) is 182 Å². The summed E-state index contributed by atoms with van der Waals surface area (Å²) in [4.78, 5) is 10.4. The minimum absolute atomic E-state index is 0.860. The normalized spacial score (nSPS) is 11.8. The van der Waals surface area contributed by atoms with E-state index in [1.165, 1.54) is 87.6 Å². The second-order valence-corrected chi connectivity index (χ2v) is 16.5. The molecule has 2 heterocycles. The maximum atomic E-state index is 5.31. The third kappa shape index (κ3) is 5.53. The van der Waals surface area contributed by atoms with Crippen molar-refractivity contribution >= 4 is 75.9 Å². The summed E-state index contributed by atoms with van der Waals surface area (Å²) in [7, 11) is 0. The van der Waals surface area contributed by atoms with Crippen molar-refractivity contribution in [2.45, 2.75) is 0 Å². The van der Waals surface area contributed by atoms with E-state index in [-0.39, 0.29) is 0 Å². The first-order valence-electron chi connectivity index (χ1n) is 21.6.